The zero-order valence-corrected chi connectivity index (χ0v) is 24.6. The SMILES string of the molecule is COc1ccc(NC(=O)c2cc3ccccc3c(N=Nc3c(Cl)ccc(C)c3S(=O)(=O)O)c2[O-])c(Cl)c1.[Na+]. The van der Waals surface area contributed by atoms with Crippen LogP contribution in [0.4, 0.5) is 17.1 Å². The molecule has 0 unspecified atom stereocenters. The summed E-state index contributed by atoms with van der Waals surface area (Å²) in [5.41, 5.74) is -0.370. The third-order valence-corrected chi connectivity index (χ3v) is 7.08. The monoisotopic (exact) mass is 581 g/mol. The van der Waals surface area contributed by atoms with Crippen LogP contribution in [0, 0.1) is 6.92 Å². The Hall–Kier alpha value is -2.70. The van der Waals surface area contributed by atoms with E-state index in [1.807, 2.05) is 0 Å². The number of fused-ring (bicyclic) bond motifs is 1. The molecule has 0 aliphatic rings. The molecular formula is C25H18Cl2N3NaO6S. The molecule has 13 heteroatoms. The first kappa shape index (κ1) is 29.9. The minimum atomic E-state index is -4.71. The fourth-order valence-corrected chi connectivity index (χ4v) is 5.00. The summed E-state index contributed by atoms with van der Waals surface area (Å²) in [6.07, 6.45) is 0. The topological polar surface area (TPSA) is 140 Å². The molecule has 0 aromatic heterocycles. The molecule has 190 valence electrons. The average molecular weight is 582 g/mol. The van der Waals surface area contributed by atoms with Gasteiger partial charge in [0.1, 0.15) is 16.3 Å². The molecule has 0 saturated carbocycles. The number of azo groups is 1. The Morgan fingerprint density at radius 1 is 1.00 bits per heavy atom. The van der Waals surface area contributed by atoms with Crippen molar-refractivity contribution in [2.75, 3.05) is 12.4 Å². The Morgan fingerprint density at radius 2 is 1.68 bits per heavy atom. The van der Waals surface area contributed by atoms with Crippen LogP contribution in [0.1, 0.15) is 15.9 Å². The van der Waals surface area contributed by atoms with Gasteiger partial charge in [-0.3, -0.25) is 9.35 Å². The minimum Gasteiger partial charge on any atom is -0.870 e. The van der Waals surface area contributed by atoms with Crippen LogP contribution in [0.15, 0.2) is 75.8 Å². The van der Waals surface area contributed by atoms with Crippen LogP contribution < -0.4 is 44.7 Å². The van der Waals surface area contributed by atoms with E-state index in [2.05, 4.69) is 15.5 Å². The number of methoxy groups -OCH3 is 1. The Bertz CT molecular complexity index is 1700. The summed E-state index contributed by atoms with van der Waals surface area (Å²) in [4.78, 5) is 12.6. The zero-order chi connectivity index (χ0) is 26.9. The predicted molar refractivity (Wildman–Crippen MR) is 140 cm³/mol. The second-order valence-corrected chi connectivity index (χ2v) is 10.0. The van der Waals surface area contributed by atoms with Crippen molar-refractivity contribution in [1.82, 2.24) is 0 Å². The van der Waals surface area contributed by atoms with E-state index in [1.165, 1.54) is 44.4 Å². The number of ether oxygens (including phenoxy) is 1. The molecule has 0 spiro atoms. The van der Waals surface area contributed by atoms with Gasteiger partial charge in [0.05, 0.1) is 28.5 Å². The first-order valence-electron chi connectivity index (χ1n) is 10.6. The Kier molecular flexibility index (Phi) is 9.43. The van der Waals surface area contributed by atoms with E-state index >= 15 is 0 Å². The van der Waals surface area contributed by atoms with Crippen molar-refractivity contribution in [1.29, 1.82) is 0 Å². The van der Waals surface area contributed by atoms with E-state index in [0.717, 1.165) is 0 Å². The van der Waals surface area contributed by atoms with Crippen LogP contribution in [0.25, 0.3) is 10.8 Å². The van der Waals surface area contributed by atoms with E-state index in [-0.39, 0.29) is 67.8 Å². The molecule has 0 fully saturated rings. The zero-order valence-electron chi connectivity index (χ0n) is 20.3. The van der Waals surface area contributed by atoms with Gasteiger partial charge >= 0.3 is 29.6 Å². The normalized spacial score (nSPS) is 11.4. The van der Waals surface area contributed by atoms with Gasteiger partial charge in [-0.1, -0.05) is 59.3 Å². The Balaban J connectivity index is 0.00000400. The van der Waals surface area contributed by atoms with Gasteiger partial charge in [-0.25, -0.2) is 0 Å². The number of benzene rings is 4. The molecule has 1 amide bonds. The van der Waals surface area contributed by atoms with Crippen molar-refractivity contribution in [3.05, 3.63) is 81.8 Å². The van der Waals surface area contributed by atoms with Crippen LogP contribution in [0.2, 0.25) is 10.0 Å². The number of aryl methyl sites for hydroxylation is 1. The maximum Gasteiger partial charge on any atom is 1.00 e. The van der Waals surface area contributed by atoms with Crippen LogP contribution in [0.3, 0.4) is 0 Å². The summed E-state index contributed by atoms with van der Waals surface area (Å²) in [5.74, 6) is -1.02. The summed E-state index contributed by atoms with van der Waals surface area (Å²) >= 11 is 12.4. The molecule has 0 atom stereocenters. The van der Waals surface area contributed by atoms with Crippen molar-refractivity contribution in [3.8, 4) is 11.5 Å². The van der Waals surface area contributed by atoms with Gasteiger partial charge in [0.25, 0.3) is 16.0 Å². The van der Waals surface area contributed by atoms with Crippen LogP contribution in [-0.4, -0.2) is 26.0 Å². The number of anilines is 1. The number of carbonyl (C=O) groups excluding carboxylic acids is 1. The van der Waals surface area contributed by atoms with Gasteiger partial charge in [0.2, 0.25) is 0 Å². The molecule has 4 aromatic carbocycles. The predicted octanol–water partition coefficient (Wildman–Crippen LogP) is 3.46. The molecular weight excluding hydrogens is 564 g/mol. The molecule has 2 N–H and O–H groups in total. The van der Waals surface area contributed by atoms with Gasteiger partial charge in [0, 0.05) is 17.0 Å². The van der Waals surface area contributed by atoms with Gasteiger partial charge in [0.15, 0.2) is 0 Å². The van der Waals surface area contributed by atoms with E-state index < -0.39 is 26.7 Å². The summed E-state index contributed by atoms with van der Waals surface area (Å²) in [5, 5.41) is 24.9. The second-order valence-electron chi connectivity index (χ2n) is 7.84. The van der Waals surface area contributed by atoms with Gasteiger partial charge in [-0.2, -0.15) is 13.5 Å². The van der Waals surface area contributed by atoms with E-state index in [1.54, 1.807) is 30.3 Å². The molecule has 0 saturated heterocycles. The second kappa shape index (κ2) is 12.0. The maximum atomic E-state index is 13.4. The number of carbonyl (C=O) groups is 1. The Morgan fingerprint density at radius 3 is 2.34 bits per heavy atom. The molecule has 0 aliphatic carbocycles. The van der Waals surface area contributed by atoms with Gasteiger partial charge in [-0.15, -0.1) is 5.11 Å². The summed E-state index contributed by atoms with van der Waals surface area (Å²) in [7, 11) is -3.24. The maximum absolute atomic E-state index is 13.4. The quantitative estimate of drug-likeness (QED) is 0.203. The van der Waals surface area contributed by atoms with Gasteiger partial charge < -0.3 is 15.2 Å². The molecule has 0 radical (unpaired) electrons. The van der Waals surface area contributed by atoms with Crippen LogP contribution in [-0.2, 0) is 10.1 Å². The van der Waals surface area contributed by atoms with Crippen molar-refractivity contribution < 1.29 is 57.2 Å². The molecule has 0 heterocycles. The first-order chi connectivity index (χ1) is 17.5. The summed E-state index contributed by atoms with van der Waals surface area (Å²) in [6.45, 7) is 1.45. The average Bonchev–Trinajstić information content (AvgIpc) is 2.85. The third kappa shape index (κ3) is 6.13. The van der Waals surface area contributed by atoms with E-state index in [9.17, 15) is 22.9 Å². The standard InChI is InChI=1S/C25H19Cl2N3O6S.Na/c1-13-7-9-18(26)22(24(13)37(33,34)35)30-29-21-16-6-4-3-5-14(16)11-17(23(21)31)25(32)28-20-10-8-15(36-2)12-19(20)27;/h3-12,31H,1-2H3,(H,28,32)(H,33,34,35);/q;+1/p-1. The smallest absolute Gasteiger partial charge is 0.870 e. The fraction of sp³-hybridized carbons (Fsp3) is 0.0800. The fourth-order valence-electron chi connectivity index (χ4n) is 3.66. The molecule has 9 nitrogen and oxygen atoms in total. The first-order valence-corrected chi connectivity index (χ1v) is 12.8. The number of halogens is 2. The summed E-state index contributed by atoms with van der Waals surface area (Å²) in [6, 6.07) is 15.5. The number of rotatable bonds is 6. The number of hydrogen-bond acceptors (Lipinski definition) is 7. The summed E-state index contributed by atoms with van der Waals surface area (Å²) < 4.78 is 38.7. The molecule has 38 heavy (non-hydrogen) atoms. The number of hydrogen-bond donors (Lipinski definition) is 2. The van der Waals surface area contributed by atoms with Crippen molar-refractivity contribution in [2.45, 2.75) is 11.8 Å². The number of amides is 1. The van der Waals surface area contributed by atoms with Crippen LogP contribution >= 0.6 is 23.2 Å². The molecule has 0 bridgehead atoms. The largest absolute Gasteiger partial charge is 1.00 e. The van der Waals surface area contributed by atoms with E-state index in [4.69, 9.17) is 27.9 Å². The number of nitrogens with zero attached hydrogens (tertiary/aromatic N) is 2. The Labute approximate surface area is 250 Å². The van der Waals surface area contributed by atoms with Crippen molar-refractivity contribution in [3.63, 3.8) is 0 Å². The van der Waals surface area contributed by atoms with Gasteiger partial charge in [-0.05, 0) is 42.1 Å². The van der Waals surface area contributed by atoms with Crippen molar-refractivity contribution >= 4 is 67.1 Å². The molecule has 4 aromatic rings. The third-order valence-electron chi connectivity index (χ3n) is 5.43. The number of nitrogens with one attached hydrogen (secondary N) is 1. The van der Waals surface area contributed by atoms with E-state index in [0.29, 0.717) is 16.5 Å². The minimum absolute atomic E-state index is 0. The molecule has 4 rings (SSSR count). The van der Waals surface area contributed by atoms with Crippen LogP contribution in [0.5, 0.6) is 11.5 Å². The van der Waals surface area contributed by atoms with Crippen molar-refractivity contribution in [2.24, 2.45) is 10.2 Å². The molecule has 0 aliphatic heterocycles.